The monoisotopic (exact) mass is 481 g/mol. The van der Waals surface area contributed by atoms with Crippen molar-refractivity contribution in [1.29, 1.82) is 10.5 Å². The molecule has 1 fully saturated rings. The molecule has 0 aromatic heterocycles. The van der Waals surface area contributed by atoms with Gasteiger partial charge in [0, 0.05) is 23.6 Å². The number of nitriles is 2. The first-order valence-electron chi connectivity index (χ1n) is 8.31. The zero-order valence-electron chi connectivity index (χ0n) is 15.0. The smallest absolute Gasteiger partial charge is 0.144 e. The number of hydrogen-bond donors (Lipinski definition) is 3. The second-order valence-electron chi connectivity index (χ2n) is 6.27. The molecule has 1 heterocycles. The Labute approximate surface area is 178 Å². The van der Waals surface area contributed by atoms with E-state index in [2.05, 4.69) is 15.9 Å². The lowest BCUT2D eigenvalue weighted by Gasteiger charge is -2.20. The second kappa shape index (κ2) is 9.92. The lowest BCUT2D eigenvalue weighted by Crippen LogP contribution is -2.37. The van der Waals surface area contributed by atoms with Crippen LogP contribution in [-0.2, 0) is 11.0 Å². The number of benzene rings is 2. The molecule has 1 saturated heterocycles. The summed E-state index contributed by atoms with van der Waals surface area (Å²) in [6.45, 7) is 0.202. The molecule has 3 rings (SSSR count). The van der Waals surface area contributed by atoms with Crippen LogP contribution < -0.4 is 0 Å². The van der Waals surface area contributed by atoms with Gasteiger partial charge in [0.2, 0.25) is 0 Å². The second-order valence-corrected chi connectivity index (χ2v) is 8.64. The van der Waals surface area contributed by atoms with Gasteiger partial charge in [0.15, 0.2) is 0 Å². The Morgan fingerprint density at radius 3 is 2.45 bits per heavy atom. The molecule has 2 unspecified atom stereocenters. The van der Waals surface area contributed by atoms with Gasteiger partial charge in [-0.05, 0) is 36.8 Å². The summed E-state index contributed by atoms with van der Waals surface area (Å²) in [4.78, 5) is 0.424. The summed E-state index contributed by atoms with van der Waals surface area (Å²) in [6, 6.07) is 12.0. The summed E-state index contributed by atoms with van der Waals surface area (Å²) >= 11 is 3.26. The fraction of sp³-hybridized carbons (Fsp3) is 0.263. The highest BCUT2D eigenvalue weighted by atomic mass is 79.9. The van der Waals surface area contributed by atoms with Gasteiger partial charge in [0.1, 0.15) is 40.3 Å². The molecule has 0 aliphatic carbocycles. The van der Waals surface area contributed by atoms with Crippen LogP contribution >= 0.6 is 15.9 Å². The van der Waals surface area contributed by atoms with Crippen molar-refractivity contribution in [2.75, 3.05) is 19.7 Å². The Morgan fingerprint density at radius 2 is 1.90 bits per heavy atom. The molecule has 2 aromatic rings. The number of β-amino-alcohol motifs (C(OH)–C–C–N with tert-alkyl or cyclic N) is 1. The van der Waals surface area contributed by atoms with Gasteiger partial charge in [-0.2, -0.15) is 10.5 Å². The van der Waals surface area contributed by atoms with Crippen LogP contribution in [0.15, 0.2) is 45.8 Å². The predicted molar refractivity (Wildman–Crippen MR) is 106 cm³/mol. The molecule has 3 N–H and O–H groups in total. The molecule has 152 valence electrons. The van der Waals surface area contributed by atoms with E-state index in [1.54, 1.807) is 28.6 Å². The van der Waals surface area contributed by atoms with Gasteiger partial charge in [0.25, 0.3) is 0 Å². The van der Waals surface area contributed by atoms with E-state index in [9.17, 15) is 13.7 Å². The van der Waals surface area contributed by atoms with E-state index in [0.29, 0.717) is 23.4 Å². The highest BCUT2D eigenvalue weighted by Crippen LogP contribution is 2.27. The number of phenols is 1. The van der Waals surface area contributed by atoms with Crippen molar-refractivity contribution in [3.05, 3.63) is 57.8 Å². The van der Waals surface area contributed by atoms with Gasteiger partial charge >= 0.3 is 0 Å². The van der Waals surface area contributed by atoms with Crippen molar-refractivity contribution in [2.45, 2.75) is 16.9 Å². The van der Waals surface area contributed by atoms with Gasteiger partial charge in [-0.15, -0.1) is 0 Å². The molecule has 1 aliphatic rings. The van der Waals surface area contributed by atoms with E-state index < -0.39 is 22.4 Å². The fourth-order valence-corrected chi connectivity index (χ4v) is 4.30. The van der Waals surface area contributed by atoms with Crippen LogP contribution in [0.3, 0.4) is 0 Å². The summed E-state index contributed by atoms with van der Waals surface area (Å²) in [6.07, 6.45) is 0.369. The van der Waals surface area contributed by atoms with Crippen molar-refractivity contribution in [3.63, 3.8) is 0 Å². The van der Waals surface area contributed by atoms with E-state index >= 15 is 0 Å². The molecule has 29 heavy (non-hydrogen) atoms. The van der Waals surface area contributed by atoms with Gasteiger partial charge in [-0.3, -0.25) is 0 Å². The average Bonchev–Trinajstić information content (AvgIpc) is 3.11. The summed E-state index contributed by atoms with van der Waals surface area (Å²) in [5, 5.41) is 45.0. The number of hydrogen-bond acceptors (Lipinski definition) is 6. The summed E-state index contributed by atoms with van der Waals surface area (Å²) in [7, 11) is -1.51. The van der Waals surface area contributed by atoms with Crippen LogP contribution in [0.25, 0.3) is 0 Å². The normalized spacial score (nSPS) is 19.5. The Bertz CT molecular complexity index is 1010. The van der Waals surface area contributed by atoms with E-state index in [1.807, 2.05) is 6.07 Å². The molecule has 7 nitrogen and oxygen atoms in total. The minimum atomic E-state index is -1.51. The van der Waals surface area contributed by atoms with Crippen LogP contribution in [0.5, 0.6) is 5.75 Å². The number of phenolic OH excluding ortho intramolecular Hbond substituents is 1. The fourth-order valence-electron chi connectivity index (χ4n) is 2.57. The van der Waals surface area contributed by atoms with Gasteiger partial charge in [-0.25, -0.2) is 12.9 Å². The third kappa shape index (κ3) is 5.82. The molecule has 2 aromatic carbocycles. The molecule has 10 heteroatoms. The topological polar surface area (TPSA) is 129 Å². The standard InChI is InChI=1S/C12H13BrN2O3S.C7H4FNO/c13-10-1-2-11(9(5-10)6-14)19(18)15-4-3-12(17,7-15)8-16;8-7-3-6(10)2-1-5(7)4-9/h1-2,5,16-17H,3-4,7-8H2;1-3,10H. The Morgan fingerprint density at radius 1 is 1.21 bits per heavy atom. The summed E-state index contributed by atoms with van der Waals surface area (Å²) in [5.74, 6) is -0.862. The first-order valence-corrected chi connectivity index (χ1v) is 10.2. The van der Waals surface area contributed by atoms with Crippen molar-refractivity contribution in [3.8, 4) is 17.9 Å². The van der Waals surface area contributed by atoms with Crippen LogP contribution in [-0.4, -0.2) is 49.1 Å². The van der Waals surface area contributed by atoms with Crippen LogP contribution in [0.4, 0.5) is 4.39 Å². The molecule has 1 aliphatic heterocycles. The molecular formula is C19H17BrFN3O4S. The minimum Gasteiger partial charge on any atom is -0.508 e. The highest BCUT2D eigenvalue weighted by molar-refractivity contribution is 9.10. The average molecular weight is 482 g/mol. The van der Waals surface area contributed by atoms with Crippen molar-refractivity contribution in [1.82, 2.24) is 4.31 Å². The Hall–Kier alpha value is -2.34. The maximum Gasteiger partial charge on any atom is 0.144 e. The molecular weight excluding hydrogens is 465 g/mol. The molecule has 0 amide bonds. The quantitative estimate of drug-likeness (QED) is 0.615. The predicted octanol–water partition coefficient (Wildman–Crippen LogP) is 2.18. The third-order valence-electron chi connectivity index (χ3n) is 4.15. The lowest BCUT2D eigenvalue weighted by molar-refractivity contribution is -0.000503. The lowest BCUT2D eigenvalue weighted by atomic mass is 10.1. The first kappa shape index (κ1) is 22.9. The van der Waals surface area contributed by atoms with Crippen molar-refractivity contribution in [2.24, 2.45) is 0 Å². The van der Waals surface area contributed by atoms with Gasteiger partial charge < -0.3 is 15.3 Å². The maximum absolute atomic E-state index is 12.5. The number of halogens is 2. The van der Waals surface area contributed by atoms with Crippen LogP contribution in [0.1, 0.15) is 17.5 Å². The Balaban J connectivity index is 0.000000253. The van der Waals surface area contributed by atoms with Crippen molar-refractivity contribution < 1.29 is 23.9 Å². The number of nitrogens with zero attached hydrogens (tertiary/aromatic N) is 3. The summed E-state index contributed by atoms with van der Waals surface area (Å²) < 4.78 is 27.2. The molecule has 2 atom stereocenters. The Kier molecular flexibility index (Phi) is 7.85. The molecule has 0 radical (unpaired) electrons. The zero-order chi connectivity index (χ0) is 21.6. The zero-order valence-corrected chi connectivity index (χ0v) is 17.5. The molecule has 0 bridgehead atoms. The molecule has 0 spiro atoms. The van der Waals surface area contributed by atoms with E-state index in [0.717, 1.165) is 10.5 Å². The van der Waals surface area contributed by atoms with E-state index in [4.69, 9.17) is 20.7 Å². The number of rotatable bonds is 3. The highest BCUT2D eigenvalue weighted by Gasteiger charge is 2.38. The van der Waals surface area contributed by atoms with E-state index in [1.165, 1.54) is 12.1 Å². The summed E-state index contributed by atoms with van der Waals surface area (Å²) in [5.41, 5.74) is -0.914. The first-order chi connectivity index (χ1) is 13.7. The minimum absolute atomic E-state index is 0.0576. The largest absolute Gasteiger partial charge is 0.508 e. The number of aliphatic hydroxyl groups excluding tert-OH is 1. The van der Waals surface area contributed by atoms with Crippen LogP contribution in [0, 0.1) is 28.5 Å². The maximum atomic E-state index is 12.5. The van der Waals surface area contributed by atoms with Crippen LogP contribution in [0.2, 0.25) is 0 Å². The third-order valence-corrected chi connectivity index (χ3v) is 6.16. The molecule has 0 saturated carbocycles. The van der Waals surface area contributed by atoms with Crippen molar-refractivity contribution >= 4 is 26.9 Å². The number of aromatic hydroxyl groups is 1. The van der Waals surface area contributed by atoms with Gasteiger partial charge in [-0.1, -0.05) is 15.9 Å². The van der Waals surface area contributed by atoms with E-state index in [-0.39, 0.29) is 24.5 Å². The SMILES string of the molecule is N#Cc1cc(Br)ccc1S(=O)N1CCC(O)(CO)C1.N#Cc1ccc(O)cc1F. The van der Waals surface area contributed by atoms with Gasteiger partial charge in [0.05, 0.1) is 22.6 Å². The number of aliphatic hydroxyl groups is 2.